The molecule has 0 saturated heterocycles. The van der Waals surface area contributed by atoms with Crippen molar-refractivity contribution in [1.82, 2.24) is 0 Å². The fourth-order valence-electron chi connectivity index (χ4n) is 3.81. The lowest BCUT2D eigenvalue weighted by Gasteiger charge is -2.25. The number of carbonyl (C=O) groups excluding carboxylic acids is 2. The van der Waals surface area contributed by atoms with Crippen LogP contribution in [0.1, 0.15) is 46.5 Å². The van der Waals surface area contributed by atoms with Gasteiger partial charge in [-0.05, 0) is 32.4 Å². The number of phenols is 2. The van der Waals surface area contributed by atoms with Gasteiger partial charge in [0.05, 0.1) is 25.9 Å². The zero-order valence-corrected chi connectivity index (χ0v) is 18.9. The number of aliphatic hydroxyl groups is 1. The lowest BCUT2D eigenvalue weighted by molar-refractivity contribution is -0.152. The Morgan fingerprint density at radius 1 is 1.12 bits per heavy atom. The largest absolute Gasteiger partial charge is 0.508 e. The minimum Gasteiger partial charge on any atom is -0.508 e. The van der Waals surface area contributed by atoms with E-state index in [2.05, 4.69) is 4.74 Å². The van der Waals surface area contributed by atoms with E-state index >= 15 is 0 Å². The smallest absolute Gasteiger partial charge is 0.347 e. The lowest BCUT2D eigenvalue weighted by Crippen LogP contribution is -2.25. The van der Waals surface area contributed by atoms with Crippen molar-refractivity contribution in [3.63, 3.8) is 0 Å². The van der Waals surface area contributed by atoms with Crippen molar-refractivity contribution in [2.45, 2.75) is 39.4 Å². The first kappa shape index (κ1) is 24.1. The third-order valence-electron chi connectivity index (χ3n) is 5.30. The summed E-state index contributed by atoms with van der Waals surface area (Å²) in [5.41, 5.74) is 0.672. The summed E-state index contributed by atoms with van der Waals surface area (Å²) < 4.78 is 27.2. The summed E-state index contributed by atoms with van der Waals surface area (Å²) >= 11 is 0. The van der Waals surface area contributed by atoms with Gasteiger partial charge in [0.25, 0.3) is 0 Å². The second kappa shape index (κ2) is 9.55. The number of methoxy groups -OCH3 is 2. The number of aliphatic hydroxyl groups excluding tert-OH is 1. The summed E-state index contributed by atoms with van der Waals surface area (Å²) in [6.07, 6.45) is -2.95. The zero-order valence-electron chi connectivity index (χ0n) is 18.9. The van der Waals surface area contributed by atoms with Crippen LogP contribution in [0.3, 0.4) is 0 Å². The molecular formula is C23H26O10. The third kappa shape index (κ3) is 4.39. The first-order valence-electron chi connectivity index (χ1n) is 10.2. The Bertz CT molecular complexity index is 1090. The van der Waals surface area contributed by atoms with Crippen LogP contribution in [0.4, 0.5) is 0 Å². The van der Waals surface area contributed by atoms with E-state index in [-0.39, 0.29) is 64.2 Å². The van der Waals surface area contributed by atoms with Gasteiger partial charge in [0.2, 0.25) is 0 Å². The fourth-order valence-corrected chi connectivity index (χ4v) is 3.81. The molecule has 0 amide bonds. The number of hydrogen-bond donors (Lipinski definition) is 3. The number of esters is 2. The van der Waals surface area contributed by atoms with Crippen molar-refractivity contribution < 1.29 is 48.6 Å². The number of hydrogen-bond acceptors (Lipinski definition) is 10. The van der Waals surface area contributed by atoms with Crippen LogP contribution >= 0.6 is 0 Å². The van der Waals surface area contributed by atoms with E-state index in [1.807, 2.05) is 0 Å². The van der Waals surface area contributed by atoms with Gasteiger partial charge in [0.15, 0.2) is 34.9 Å². The predicted molar refractivity (Wildman–Crippen MR) is 114 cm³/mol. The van der Waals surface area contributed by atoms with E-state index in [0.717, 1.165) is 7.11 Å². The van der Waals surface area contributed by atoms with Crippen LogP contribution in [0.5, 0.6) is 34.5 Å². The number of aryl methyl sites for hydroxylation is 1. The fraction of sp³-hybridized carbons (Fsp3) is 0.391. The van der Waals surface area contributed by atoms with Gasteiger partial charge in [-0.3, -0.25) is 0 Å². The molecule has 2 atom stereocenters. The van der Waals surface area contributed by atoms with Crippen LogP contribution in [0.25, 0.3) is 0 Å². The Kier molecular flexibility index (Phi) is 6.99. The zero-order chi connectivity index (χ0) is 24.4. The monoisotopic (exact) mass is 462 g/mol. The molecule has 3 rings (SSSR count). The van der Waals surface area contributed by atoms with Crippen LogP contribution in [0.2, 0.25) is 0 Å². The normalized spacial score (nSPS) is 14.2. The van der Waals surface area contributed by atoms with Gasteiger partial charge in [0, 0.05) is 24.7 Å². The second-order valence-electron chi connectivity index (χ2n) is 7.42. The molecule has 10 nitrogen and oxygen atoms in total. The highest BCUT2D eigenvalue weighted by Gasteiger charge is 2.37. The van der Waals surface area contributed by atoms with Crippen LogP contribution in [0.15, 0.2) is 12.1 Å². The Morgan fingerprint density at radius 2 is 1.82 bits per heavy atom. The summed E-state index contributed by atoms with van der Waals surface area (Å²) in [6, 6.07) is 2.66. The SMILES string of the molecule is CCO[C@H](C[C@@H](O)C(=O)OC)c1c(O)c(OC)c(C)c2c1Oc1c(C)cc(O)cc1OC2=O. The molecule has 0 aromatic heterocycles. The number of rotatable bonds is 7. The van der Waals surface area contributed by atoms with E-state index < -0.39 is 24.1 Å². The molecule has 2 aromatic rings. The number of carbonyl (C=O) groups is 2. The lowest BCUT2D eigenvalue weighted by atomic mass is 9.94. The minimum atomic E-state index is -1.57. The first-order valence-corrected chi connectivity index (χ1v) is 10.2. The summed E-state index contributed by atoms with van der Waals surface area (Å²) in [6.45, 7) is 5.03. The number of fused-ring (bicyclic) bond motifs is 2. The van der Waals surface area contributed by atoms with E-state index in [9.17, 15) is 24.9 Å². The molecule has 3 N–H and O–H groups in total. The molecule has 2 aromatic carbocycles. The molecule has 0 aliphatic carbocycles. The van der Waals surface area contributed by atoms with E-state index in [4.69, 9.17) is 18.9 Å². The summed E-state index contributed by atoms with van der Waals surface area (Å²) in [7, 11) is 2.45. The quantitative estimate of drug-likeness (QED) is 0.415. The molecule has 33 heavy (non-hydrogen) atoms. The number of aromatic hydroxyl groups is 2. The van der Waals surface area contributed by atoms with Crippen LogP contribution in [0, 0.1) is 13.8 Å². The van der Waals surface area contributed by atoms with Gasteiger partial charge in [-0.25, -0.2) is 9.59 Å². The van der Waals surface area contributed by atoms with Gasteiger partial charge in [0.1, 0.15) is 11.3 Å². The summed E-state index contributed by atoms with van der Waals surface area (Å²) in [4.78, 5) is 25.0. The van der Waals surface area contributed by atoms with Crippen molar-refractivity contribution in [2.24, 2.45) is 0 Å². The van der Waals surface area contributed by atoms with E-state index in [1.54, 1.807) is 20.8 Å². The van der Waals surface area contributed by atoms with E-state index in [0.29, 0.717) is 5.56 Å². The van der Waals surface area contributed by atoms with Crippen molar-refractivity contribution >= 4 is 11.9 Å². The Hall–Kier alpha value is -3.50. The first-order chi connectivity index (χ1) is 15.6. The average Bonchev–Trinajstić information content (AvgIpc) is 2.89. The Labute approximate surface area is 190 Å². The number of phenolic OH excluding ortho intramolecular Hbond substituents is 2. The highest BCUT2D eigenvalue weighted by Crippen LogP contribution is 2.52. The number of ether oxygens (including phenoxy) is 5. The van der Waals surface area contributed by atoms with Gasteiger partial charge < -0.3 is 39.0 Å². The van der Waals surface area contributed by atoms with Crippen molar-refractivity contribution in [3.05, 3.63) is 34.4 Å². The van der Waals surface area contributed by atoms with Crippen LogP contribution < -0.4 is 14.2 Å². The highest BCUT2D eigenvalue weighted by molar-refractivity contribution is 5.99. The molecule has 0 unspecified atom stereocenters. The van der Waals surface area contributed by atoms with E-state index in [1.165, 1.54) is 19.2 Å². The maximum atomic E-state index is 13.1. The van der Waals surface area contributed by atoms with Gasteiger partial charge in [-0.15, -0.1) is 0 Å². The Balaban J connectivity index is 2.30. The van der Waals surface area contributed by atoms with Gasteiger partial charge >= 0.3 is 11.9 Å². The maximum absolute atomic E-state index is 13.1. The maximum Gasteiger partial charge on any atom is 0.347 e. The molecule has 10 heteroatoms. The second-order valence-corrected chi connectivity index (χ2v) is 7.42. The molecule has 0 bridgehead atoms. The molecule has 0 spiro atoms. The minimum absolute atomic E-state index is 0.00507. The molecule has 0 fully saturated rings. The van der Waals surface area contributed by atoms with Crippen molar-refractivity contribution in [1.29, 1.82) is 0 Å². The topological polar surface area (TPSA) is 141 Å². The third-order valence-corrected chi connectivity index (χ3v) is 5.30. The number of benzene rings is 2. The van der Waals surface area contributed by atoms with Crippen molar-refractivity contribution in [3.8, 4) is 34.5 Å². The molecule has 1 aliphatic heterocycles. The van der Waals surface area contributed by atoms with Crippen molar-refractivity contribution in [2.75, 3.05) is 20.8 Å². The van der Waals surface area contributed by atoms with Gasteiger partial charge in [-0.2, -0.15) is 0 Å². The molecule has 0 saturated carbocycles. The standard InChI is InChI=1S/C23H26O10/c1-6-31-14(9-13(25)22(27)30-5)17-18(26)20(29-4)11(3)16-21(17)33-19-10(2)7-12(24)8-15(19)32-23(16)28/h7-8,13-14,24-26H,6,9H2,1-5H3/t13-,14-/m1/s1. The van der Waals surface area contributed by atoms with Crippen LogP contribution in [-0.2, 0) is 14.3 Å². The summed E-state index contributed by atoms with van der Waals surface area (Å²) in [5.74, 6) is -2.16. The molecule has 1 aliphatic rings. The van der Waals surface area contributed by atoms with Gasteiger partial charge in [-0.1, -0.05) is 0 Å². The van der Waals surface area contributed by atoms with Crippen LogP contribution in [-0.4, -0.2) is 54.2 Å². The molecule has 0 radical (unpaired) electrons. The molecule has 178 valence electrons. The highest BCUT2D eigenvalue weighted by atomic mass is 16.6. The average molecular weight is 462 g/mol. The molecular weight excluding hydrogens is 436 g/mol. The predicted octanol–water partition coefficient (Wildman–Crippen LogP) is 3.05. The molecule has 1 heterocycles. The Morgan fingerprint density at radius 3 is 2.42 bits per heavy atom. The summed E-state index contributed by atoms with van der Waals surface area (Å²) in [5, 5.41) is 31.3.